The molecule has 1 aliphatic rings. The summed E-state index contributed by atoms with van der Waals surface area (Å²) < 4.78 is 7.43. The topological polar surface area (TPSA) is 109 Å². The minimum Gasteiger partial charge on any atom is -0.444 e. The number of pyridine rings is 1. The van der Waals surface area contributed by atoms with E-state index in [1.54, 1.807) is 12.3 Å². The summed E-state index contributed by atoms with van der Waals surface area (Å²) in [5, 5.41) is 18.4. The van der Waals surface area contributed by atoms with E-state index in [0.29, 0.717) is 31.1 Å². The van der Waals surface area contributed by atoms with E-state index in [2.05, 4.69) is 25.3 Å². The highest BCUT2D eigenvalue weighted by Crippen LogP contribution is 2.34. The van der Waals surface area contributed by atoms with Gasteiger partial charge in [-0.3, -0.25) is 14.5 Å². The molecular weight excluding hydrogens is 408 g/mol. The third kappa shape index (κ3) is 3.71. The molecule has 9 nitrogen and oxygen atoms in total. The van der Waals surface area contributed by atoms with Gasteiger partial charge in [0, 0.05) is 42.5 Å². The number of rotatable bonds is 5. The Morgan fingerprint density at radius 1 is 1.34 bits per heavy atom. The molecule has 0 radical (unpaired) electrons. The summed E-state index contributed by atoms with van der Waals surface area (Å²) in [5.41, 5.74) is 4.22. The van der Waals surface area contributed by atoms with Crippen molar-refractivity contribution in [3.8, 4) is 11.5 Å². The van der Waals surface area contributed by atoms with Crippen LogP contribution in [-0.2, 0) is 6.54 Å². The first kappa shape index (κ1) is 20.2. The molecule has 3 aromatic heterocycles. The van der Waals surface area contributed by atoms with E-state index in [4.69, 9.17) is 4.42 Å². The Bertz CT molecular complexity index is 1290. The summed E-state index contributed by atoms with van der Waals surface area (Å²) in [5.74, 6) is -0.00302. The molecule has 0 saturated carbocycles. The number of carbonyl (C=O) groups is 1. The Hall–Kier alpha value is -3.72. The van der Waals surface area contributed by atoms with Crippen LogP contribution in [0.1, 0.15) is 29.5 Å². The lowest BCUT2D eigenvalue weighted by Gasteiger charge is -2.22. The zero-order valence-corrected chi connectivity index (χ0v) is 17.9. The Balaban J connectivity index is 1.48. The molecule has 1 fully saturated rings. The predicted molar refractivity (Wildman–Crippen MR) is 121 cm³/mol. The summed E-state index contributed by atoms with van der Waals surface area (Å²) in [4.78, 5) is 23.7. The van der Waals surface area contributed by atoms with Gasteiger partial charge in [-0.2, -0.15) is 5.10 Å². The van der Waals surface area contributed by atoms with Gasteiger partial charge in [0.1, 0.15) is 6.26 Å². The number of hydrogen-bond acceptors (Lipinski definition) is 7. The van der Waals surface area contributed by atoms with Crippen LogP contribution >= 0.6 is 0 Å². The molecule has 4 aromatic rings. The number of oxazole rings is 1. The predicted octanol–water partition coefficient (Wildman–Crippen LogP) is 3.24. The van der Waals surface area contributed by atoms with E-state index >= 15 is 0 Å². The van der Waals surface area contributed by atoms with E-state index in [1.165, 1.54) is 6.26 Å². The van der Waals surface area contributed by atoms with Gasteiger partial charge in [0.25, 0.3) is 5.91 Å². The molecule has 4 heterocycles. The second-order valence-electron chi connectivity index (χ2n) is 7.95. The maximum absolute atomic E-state index is 13.0. The van der Waals surface area contributed by atoms with Gasteiger partial charge >= 0.3 is 0 Å². The first-order chi connectivity index (χ1) is 15.5. The summed E-state index contributed by atoms with van der Waals surface area (Å²) >= 11 is 0. The zero-order valence-electron chi connectivity index (χ0n) is 17.9. The summed E-state index contributed by atoms with van der Waals surface area (Å²) in [6.07, 6.45) is 5.17. The third-order valence-corrected chi connectivity index (χ3v) is 5.69. The fourth-order valence-corrected chi connectivity index (χ4v) is 4.06. The lowest BCUT2D eigenvalue weighted by atomic mass is 10.1. The fourth-order valence-electron chi connectivity index (χ4n) is 4.06. The largest absolute Gasteiger partial charge is 0.444 e. The quantitative estimate of drug-likeness (QED) is 0.498. The normalized spacial score (nSPS) is 16.1. The number of β-amino-alcohol motifs (C(OH)–C–C–N with tert-alkyl or cyclic N) is 1. The van der Waals surface area contributed by atoms with E-state index in [-0.39, 0.29) is 17.7 Å². The Kier molecular flexibility index (Phi) is 5.10. The van der Waals surface area contributed by atoms with Crippen molar-refractivity contribution in [3.05, 3.63) is 54.3 Å². The highest BCUT2D eigenvalue weighted by molar-refractivity contribution is 6.06. The Morgan fingerprint density at radius 2 is 2.22 bits per heavy atom. The number of aryl methyl sites for hydroxylation is 2. The summed E-state index contributed by atoms with van der Waals surface area (Å²) in [7, 11) is 0. The highest BCUT2D eigenvalue weighted by atomic mass is 16.3. The molecule has 1 amide bonds. The number of aliphatic hydroxyl groups is 1. The van der Waals surface area contributed by atoms with Crippen LogP contribution in [-0.4, -0.2) is 50.0 Å². The Labute approximate surface area is 184 Å². The number of aliphatic hydroxyl groups excluding tert-OH is 1. The average Bonchev–Trinajstić information content (AvgIpc) is 3.52. The lowest BCUT2D eigenvalue weighted by Crippen LogP contribution is -2.23. The van der Waals surface area contributed by atoms with Crippen molar-refractivity contribution >= 4 is 28.2 Å². The van der Waals surface area contributed by atoms with Crippen LogP contribution in [0.15, 0.2) is 47.3 Å². The fraction of sp³-hybridized carbons (Fsp3) is 0.304. The molecule has 1 aromatic carbocycles. The smallest absolute Gasteiger partial charge is 0.277 e. The molecule has 0 bridgehead atoms. The second kappa shape index (κ2) is 8.08. The van der Waals surface area contributed by atoms with Crippen molar-refractivity contribution in [1.29, 1.82) is 0 Å². The van der Waals surface area contributed by atoms with Gasteiger partial charge in [-0.1, -0.05) is 0 Å². The second-order valence-corrected chi connectivity index (χ2v) is 7.95. The van der Waals surface area contributed by atoms with E-state index < -0.39 is 0 Å². The van der Waals surface area contributed by atoms with Crippen molar-refractivity contribution in [2.75, 3.05) is 23.3 Å². The molecule has 1 saturated heterocycles. The van der Waals surface area contributed by atoms with Crippen LogP contribution in [0.5, 0.6) is 0 Å². The van der Waals surface area contributed by atoms with Crippen molar-refractivity contribution in [2.24, 2.45) is 0 Å². The molecule has 1 atom stereocenters. The molecule has 0 spiro atoms. The first-order valence-corrected chi connectivity index (χ1v) is 10.6. The van der Waals surface area contributed by atoms with Crippen molar-refractivity contribution in [3.63, 3.8) is 0 Å². The minimum atomic E-state index is -0.380. The number of nitrogens with zero attached hydrogens (tertiary/aromatic N) is 5. The van der Waals surface area contributed by atoms with Gasteiger partial charge in [-0.15, -0.1) is 0 Å². The van der Waals surface area contributed by atoms with Crippen molar-refractivity contribution in [1.82, 2.24) is 19.7 Å². The van der Waals surface area contributed by atoms with E-state index in [1.807, 2.05) is 42.9 Å². The van der Waals surface area contributed by atoms with Crippen LogP contribution < -0.4 is 10.2 Å². The number of nitrogens with one attached hydrogen (secondary N) is 1. The molecule has 5 rings (SSSR count). The van der Waals surface area contributed by atoms with Crippen LogP contribution in [0.4, 0.5) is 11.4 Å². The van der Waals surface area contributed by atoms with Crippen molar-refractivity contribution in [2.45, 2.75) is 32.9 Å². The van der Waals surface area contributed by atoms with Gasteiger partial charge in [-0.25, -0.2) is 4.98 Å². The monoisotopic (exact) mass is 432 g/mol. The first-order valence-electron chi connectivity index (χ1n) is 10.6. The van der Waals surface area contributed by atoms with Crippen LogP contribution in [0, 0.1) is 6.92 Å². The zero-order chi connectivity index (χ0) is 22.2. The van der Waals surface area contributed by atoms with Gasteiger partial charge in [0.2, 0.25) is 5.89 Å². The number of anilines is 2. The van der Waals surface area contributed by atoms with Gasteiger partial charge < -0.3 is 19.7 Å². The molecule has 9 heteroatoms. The van der Waals surface area contributed by atoms with E-state index in [0.717, 1.165) is 34.4 Å². The number of fused-ring (bicyclic) bond motifs is 1. The number of aromatic nitrogens is 4. The number of amides is 1. The maximum Gasteiger partial charge on any atom is 0.277 e. The number of hydrogen-bond donors (Lipinski definition) is 2. The molecular formula is C23H24N6O3. The van der Waals surface area contributed by atoms with E-state index in [9.17, 15) is 9.90 Å². The van der Waals surface area contributed by atoms with Gasteiger partial charge in [0.05, 0.1) is 29.2 Å². The number of benzene rings is 1. The van der Waals surface area contributed by atoms with Crippen LogP contribution in [0.2, 0.25) is 0 Å². The standard InChI is InChI=1S/C23H24N6O3/c1-3-29-20-10-18(21(9-16(20)11-25-29)28-7-5-17(30)12-28)26-22(31)19-13-32-23(27-19)15-4-6-24-14(2)8-15/h4,6,8-11,13,17,30H,3,5,7,12H2,1-2H3,(H,26,31). The molecule has 32 heavy (non-hydrogen) atoms. The van der Waals surface area contributed by atoms with Crippen molar-refractivity contribution < 1.29 is 14.3 Å². The van der Waals surface area contributed by atoms with Crippen LogP contribution in [0.3, 0.4) is 0 Å². The lowest BCUT2D eigenvalue weighted by molar-refractivity contribution is 0.102. The SMILES string of the molecule is CCn1ncc2cc(N3CCC(O)C3)c(NC(=O)c3coc(-c4ccnc(C)c4)n3)cc21. The minimum absolute atomic E-state index is 0.186. The van der Waals surface area contributed by atoms with Gasteiger partial charge in [0.15, 0.2) is 5.69 Å². The summed E-state index contributed by atoms with van der Waals surface area (Å²) in [6, 6.07) is 7.58. The Morgan fingerprint density at radius 3 is 2.97 bits per heavy atom. The molecule has 2 N–H and O–H groups in total. The van der Waals surface area contributed by atoms with Gasteiger partial charge in [-0.05, 0) is 44.5 Å². The molecule has 0 aliphatic carbocycles. The maximum atomic E-state index is 13.0. The third-order valence-electron chi connectivity index (χ3n) is 5.69. The summed E-state index contributed by atoms with van der Waals surface area (Å²) in [6.45, 7) is 5.86. The van der Waals surface area contributed by atoms with Crippen LogP contribution in [0.25, 0.3) is 22.4 Å². The molecule has 164 valence electrons. The molecule has 1 unspecified atom stereocenters. The molecule has 1 aliphatic heterocycles. The average molecular weight is 432 g/mol. The highest BCUT2D eigenvalue weighted by Gasteiger charge is 2.25. The number of carbonyl (C=O) groups excluding carboxylic acids is 1.